The Bertz CT molecular complexity index is 863. The molecule has 3 aromatic rings. The number of aryl methyl sites for hydroxylation is 1. The Morgan fingerprint density at radius 2 is 1.80 bits per heavy atom. The average molecular weight is 336 g/mol. The number of carbonyl (C=O) groups excluding carboxylic acids is 1. The molecule has 0 aliphatic rings. The zero-order valence-electron chi connectivity index (χ0n) is 13.7. The van der Waals surface area contributed by atoms with Gasteiger partial charge in [-0.2, -0.15) is 0 Å². The van der Waals surface area contributed by atoms with Crippen LogP contribution in [0.5, 0.6) is 0 Å². The molecule has 1 amide bonds. The first-order valence-corrected chi connectivity index (χ1v) is 7.89. The monoisotopic (exact) mass is 336 g/mol. The summed E-state index contributed by atoms with van der Waals surface area (Å²) in [4.78, 5) is 20.5. The largest absolute Gasteiger partial charge is 0.339 e. The lowest BCUT2D eigenvalue weighted by Gasteiger charge is -2.10. The molecule has 0 bridgehead atoms. The minimum absolute atomic E-state index is 0.179. The first kappa shape index (κ1) is 16.6. The van der Waals surface area contributed by atoms with E-state index >= 15 is 0 Å². The maximum absolute atomic E-state index is 12.9. The molecule has 0 aliphatic carbocycles. The van der Waals surface area contributed by atoms with Gasteiger partial charge in [-0.05, 0) is 42.3 Å². The normalized spacial score (nSPS) is 10.3. The standard InChI is InChI=1S/C19H17FN4O/c1-2-13-5-3-4-6-16(13)24-18-12-21-17(11-22-18)19(25)23-15-9-7-14(20)8-10-15/h3-12H,2H2,1H3,(H,22,24)(H,23,25). The van der Waals surface area contributed by atoms with E-state index in [4.69, 9.17) is 0 Å². The van der Waals surface area contributed by atoms with E-state index in [1.807, 2.05) is 24.3 Å². The van der Waals surface area contributed by atoms with E-state index in [-0.39, 0.29) is 11.5 Å². The van der Waals surface area contributed by atoms with Gasteiger partial charge in [0.15, 0.2) is 0 Å². The summed E-state index contributed by atoms with van der Waals surface area (Å²) < 4.78 is 12.9. The Hall–Kier alpha value is -3.28. The van der Waals surface area contributed by atoms with Crippen molar-refractivity contribution >= 4 is 23.1 Å². The lowest BCUT2D eigenvalue weighted by molar-refractivity contribution is 0.102. The molecule has 0 unspecified atom stereocenters. The maximum atomic E-state index is 12.9. The van der Waals surface area contributed by atoms with Crippen LogP contribution in [0, 0.1) is 5.82 Å². The molecule has 0 saturated carbocycles. The highest BCUT2D eigenvalue weighted by Gasteiger charge is 2.09. The van der Waals surface area contributed by atoms with Crippen LogP contribution in [-0.2, 0) is 6.42 Å². The molecule has 0 atom stereocenters. The molecule has 0 fully saturated rings. The Balaban J connectivity index is 1.69. The Morgan fingerprint density at radius 3 is 2.48 bits per heavy atom. The number of hydrogen-bond donors (Lipinski definition) is 2. The van der Waals surface area contributed by atoms with Crippen LogP contribution < -0.4 is 10.6 Å². The van der Waals surface area contributed by atoms with E-state index in [0.717, 1.165) is 12.1 Å². The van der Waals surface area contributed by atoms with Crippen molar-refractivity contribution < 1.29 is 9.18 Å². The van der Waals surface area contributed by atoms with Gasteiger partial charge in [0.1, 0.15) is 17.3 Å². The number of halogens is 1. The molecular weight excluding hydrogens is 319 g/mol. The minimum atomic E-state index is -0.403. The molecule has 126 valence electrons. The van der Waals surface area contributed by atoms with E-state index in [1.54, 1.807) is 0 Å². The predicted octanol–water partition coefficient (Wildman–Crippen LogP) is 4.17. The van der Waals surface area contributed by atoms with Crippen LogP contribution in [0.3, 0.4) is 0 Å². The molecule has 3 rings (SSSR count). The molecule has 0 radical (unpaired) electrons. The van der Waals surface area contributed by atoms with E-state index in [9.17, 15) is 9.18 Å². The summed E-state index contributed by atoms with van der Waals surface area (Å²) in [6.45, 7) is 2.08. The first-order valence-electron chi connectivity index (χ1n) is 7.89. The summed E-state index contributed by atoms with van der Waals surface area (Å²) in [5.74, 6) is -0.209. The highest BCUT2D eigenvalue weighted by molar-refractivity contribution is 6.02. The van der Waals surface area contributed by atoms with Crippen LogP contribution in [0.15, 0.2) is 60.9 Å². The molecule has 0 aliphatic heterocycles. The van der Waals surface area contributed by atoms with Gasteiger partial charge in [-0.25, -0.2) is 14.4 Å². The number of benzene rings is 2. The lowest BCUT2D eigenvalue weighted by atomic mass is 10.1. The number of aromatic nitrogens is 2. The Labute approximate surface area is 145 Å². The zero-order chi connectivity index (χ0) is 17.6. The van der Waals surface area contributed by atoms with Crippen molar-refractivity contribution in [3.63, 3.8) is 0 Å². The third-order valence-corrected chi connectivity index (χ3v) is 3.65. The highest BCUT2D eigenvalue weighted by atomic mass is 19.1. The van der Waals surface area contributed by atoms with Crippen molar-refractivity contribution in [1.29, 1.82) is 0 Å². The third-order valence-electron chi connectivity index (χ3n) is 3.65. The highest BCUT2D eigenvalue weighted by Crippen LogP contribution is 2.19. The van der Waals surface area contributed by atoms with E-state index < -0.39 is 5.91 Å². The van der Waals surface area contributed by atoms with Crippen LogP contribution in [0.2, 0.25) is 0 Å². The lowest BCUT2D eigenvalue weighted by Crippen LogP contribution is -2.14. The number of rotatable bonds is 5. The van der Waals surface area contributed by atoms with Crippen molar-refractivity contribution in [3.8, 4) is 0 Å². The molecular formula is C19H17FN4O. The van der Waals surface area contributed by atoms with Gasteiger partial charge in [0.05, 0.1) is 12.4 Å². The number of nitrogens with zero attached hydrogens (tertiary/aromatic N) is 2. The summed E-state index contributed by atoms with van der Waals surface area (Å²) in [7, 11) is 0. The van der Waals surface area contributed by atoms with Crippen LogP contribution in [0.1, 0.15) is 23.0 Å². The summed E-state index contributed by atoms with van der Waals surface area (Å²) in [6, 6.07) is 13.5. The summed E-state index contributed by atoms with van der Waals surface area (Å²) in [5, 5.41) is 5.84. The number of amides is 1. The second-order valence-corrected chi connectivity index (χ2v) is 5.38. The topological polar surface area (TPSA) is 66.9 Å². The number of carbonyl (C=O) groups is 1. The SMILES string of the molecule is CCc1ccccc1Nc1cnc(C(=O)Nc2ccc(F)cc2)cn1. The second kappa shape index (κ2) is 7.53. The molecule has 2 N–H and O–H groups in total. The number of anilines is 3. The van der Waals surface area contributed by atoms with Gasteiger partial charge in [0, 0.05) is 11.4 Å². The Morgan fingerprint density at radius 1 is 1.04 bits per heavy atom. The Kier molecular flexibility index (Phi) is 4.99. The molecule has 2 aromatic carbocycles. The zero-order valence-corrected chi connectivity index (χ0v) is 13.7. The van der Waals surface area contributed by atoms with Crippen molar-refractivity contribution in [1.82, 2.24) is 9.97 Å². The predicted molar refractivity (Wildman–Crippen MR) is 95.5 cm³/mol. The van der Waals surface area contributed by atoms with Crippen molar-refractivity contribution in [2.75, 3.05) is 10.6 Å². The summed E-state index contributed by atoms with van der Waals surface area (Å²) >= 11 is 0. The maximum Gasteiger partial charge on any atom is 0.275 e. The summed E-state index contributed by atoms with van der Waals surface area (Å²) in [5.41, 5.74) is 2.80. The van der Waals surface area contributed by atoms with E-state index in [0.29, 0.717) is 11.5 Å². The molecule has 0 spiro atoms. The van der Waals surface area contributed by atoms with Gasteiger partial charge in [-0.3, -0.25) is 4.79 Å². The molecule has 5 nitrogen and oxygen atoms in total. The smallest absolute Gasteiger partial charge is 0.275 e. The molecule has 0 saturated heterocycles. The van der Waals surface area contributed by atoms with Crippen molar-refractivity contribution in [2.45, 2.75) is 13.3 Å². The second-order valence-electron chi connectivity index (χ2n) is 5.38. The van der Waals surface area contributed by atoms with Gasteiger partial charge >= 0.3 is 0 Å². The molecule has 25 heavy (non-hydrogen) atoms. The van der Waals surface area contributed by atoms with Crippen LogP contribution in [-0.4, -0.2) is 15.9 Å². The first-order chi connectivity index (χ1) is 12.2. The van der Waals surface area contributed by atoms with Gasteiger partial charge in [0.25, 0.3) is 5.91 Å². The molecule has 6 heteroatoms. The van der Waals surface area contributed by atoms with Crippen LogP contribution in [0.25, 0.3) is 0 Å². The summed E-state index contributed by atoms with van der Waals surface area (Å²) in [6.07, 6.45) is 3.80. The van der Waals surface area contributed by atoms with Gasteiger partial charge < -0.3 is 10.6 Å². The van der Waals surface area contributed by atoms with Crippen LogP contribution >= 0.6 is 0 Å². The molecule has 1 heterocycles. The molecule has 1 aromatic heterocycles. The fourth-order valence-corrected chi connectivity index (χ4v) is 2.33. The number of hydrogen-bond acceptors (Lipinski definition) is 4. The van der Waals surface area contributed by atoms with Gasteiger partial charge in [0.2, 0.25) is 0 Å². The van der Waals surface area contributed by atoms with E-state index in [1.165, 1.54) is 42.2 Å². The fourth-order valence-electron chi connectivity index (χ4n) is 2.33. The number of para-hydroxylation sites is 1. The van der Waals surface area contributed by atoms with E-state index in [2.05, 4.69) is 27.5 Å². The minimum Gasteiger partial charge on any atom is -0.339 e. The van der Waals surface area contributed by atoms with Crippen molar-refractivity contribution in [3.05, 3.63) is 78.0 Å². The van der Waals surface area contributed by atoms with Crippen molar-refractivity contribution in [2.24, 2.45) is 0 Å². The average Bonchev–Trinajstić information content (AvgIpc) is 2.64. The van der Waals surface area contributed by atoms with Gasteiger partial charge in [-0.1, -0.05) is 25.1 Å². The van der Waals surface area contributed by atoms with Crippen LogP contribution in [0.4, 0.5) is 21.6 Å². The quantitative estimate of drug-likeness (QED) is 0.734. The van der Waals surface area contributed by atoms with Gasteiger partial charge in [-0.15, -0.1) is 0 Å². The number of nitrogens with one attached hydrogen (secondary N) is 2. The third kappa shape index (κ3) is 4.17. The fraction of sp³-hybridized carbons (Fsp3) is 0.105.